The highest BCUT2D eigenvalue weighted by atomic mass is 79.9. The minimum atomic E-state index is -0.325. The quantitative estimate of drug-likeness (QED) is 0.915. The molecule has 0 heterocycles. The highest BCUT2D eigenvalue weighted by Crippen LogP contribution is 2.25. The average Bonchev–Trinajstić information content (AvgIpc) is 2.15. The maximum Gasteiger partial charge on any atom is 0.124 e. The van der Waals surface area contributed by atoms with E-state index in [0.717, 1.165) is 15.8 Å². The summed E-state index contributed by atoms with van der Waals surface area (Å²) in [6, 6.07) is 4.68. The van der Waals surface area contributed by atoms with Crippen molar-refractivity contribution in [3.05, 3.63) is 34.1 Å². The number of aliphatic hydroxyl groups excluding tert-OH is 1. The molecular weight excluding hydrogens is 279 g/mol. The first-order valence-electron chi connectivity index (χ1n) is 4.74. The second-order valence-corrected chi connectivity index (χ2v) is 5.71. The molecule has 0 spiro atoms. The van der Waals surface area contributed by atoms with Gasteiger partial charge in [-0.2, -0.15) is 11.8 Å². The number of hydrogen-bond donors (Lipinski definition) is 1. The van der Waals surface area contributed by atoms with Gasteiger partial charge >= 0.3 is 0 Å². The minimum Gasteiger partial charge on any atom is -0.392 e. The van der Waals surface area contributed by atoms with Crippen LogP contribution < -0.4 is 0 Å². The Labute approximate surface area is 102 Å². The van der Waals surface area contributed by atoms with Crippen molar-refractivity contribution in [1.82, 2.24) is 0 Å². The maximum atomic E-state index is 12.8. The second kappa shape index (κ2) is 5.87. The molecule has 2 atom stereocenters. The Morgan fingerprint density at radius 1 is 1.47 bits per heavy atom. The summed E-state index contributed by atoms with van der Waals surface area (Å²) in [4.78, 5) is 0. The van der Waals surface area contributed by atoms with Crippen LogP contribution in [0.5, 0.6) is 0 Å². The molecule has 4 heteroatoms. The summed E-state index contributed by atoms with van der Waals surface area (Å²) in [6.45, 7) is 3.75. The summed E-state index contributed by atoms with van der Waals surface area (Å²) < 4.78 is 13.6. The summed E-state index contributed by atoms with van der Waals surface area (Å²) in [5.74, 6) is 0.534. The lowest BCUT2D eigenvalue weighted by molar-refractivity contribution is 0.196. The molecule has 0 radical (unpaired) electrons. The lowest BCUT2D eigenvalue weighted by Gasteiger charge is -2.14. The Hall–Kier alpha value is -0.0600. The predicted molar refractivity (Wildman–Crippen MR) is 66.5 cm³/mol. The molecule has 2 unspecified atom stereocenters. The van der Waals surface area contributed by atoms with Crippen LogP contribution in [0.4, 0.5) is 4.39 Å². The van der Waals surface area contributed by atoms with Crippen molar-refractivity contribution in [3.63, 3.8) is 0 Å². The molecule has 1 nitrogen and oxygen atoms in total. The van der Waals surface area contributed by atoms with Gasteiger partial charge in [0.2, 0.25) is 0 Å². The zero-order chi connectivity index (χ0) is 11.4. The number of halogens is 2. The van der Waals surface area contributed by atoms with Gasteiger partial charge in [0.05, 0.1) is 6.10 Å². The number of hydrogen-bond acceptors (Lipinski definition) is 2. The molecule has 0 fully saturated rings. The van der Waals surface area contributed by atoms with Gasteiger partial charge in [0.1, 0.15) is 5.82 Å². The van der Waals surface area contributed by atoms with Crippen LogP contribution in [-0.2, 0) is 5.75 Å². The molecule has 0 saturated carbocycles. The van der Waals surface area contributed by atoms with Gasteiger partial charge < -0.3 is 5.11 Å². The predicted octanol–water partition coefficient (Wildman–Crippen LogP) is 3.59. The molecule has 1 N–H and O–H groups in total. The first-order valence-corrected chi connectivity index (χ1v) is 6.58. The molecule has 0 amide bonds. The highest BCUT2D eigenvalue weighted by Gasteiger charge is 2.10. The third-order valence-electron chi connectivity index (χ3n) is 2.20. The van der Waals surface area contributed by atoms with Crippen LogP contribution in [-0.4, -0.2) is 16.5 Å². The molecule has 0 aliphatic rings. The van der Waals surface area contributed by atoms with Gasteiger partial charge in [0, 0.05) is 15.5 Å². The fraction of sp³-hybridized carbons (Fsp3) is 0.455. The van der Waals surface area contributed by atoms with Gasteiger partial charge in [0.15, 0.2) is 0 Å². The summed E-state index contributed by atoms with van der Waals surface area (Å²) >= 11 is 4.97. The van der Waals surface area contributed by atoms with Crippen molar-refractivity contribution in [3.8, 4) is 0 Å². The first-order chi connectivity index (χ1) is 7.00. The van der Waals surface area contributed by atoms with Gasteiger partial charge in [-0.15, -0.1) is 0 Å². The van der Waals surface area contributed by atoms with Crippen molar-refractivity contribution in [1.29, 1.82) is 0 Å². The van der Waals surface area contributed by atoms with Crippen LogP contribution in [0.1, 0.15) is 19.4 Å². The van der Waals surface area contributed by atoms with E-state index in [1.807, 2.05) is 6.92 Å². The van der Waals surface area contributed by atoms with E-state index in [1.165, 1.54) is 12.1 Å². The molecule has 0 saturated heterocycles. The second-order valence-electron chi connectivity index (χ2n) is 3.49. The third kappa shape index (κ3) is 4.13. The van der Waals surface area contributed by atoms with Gasteiger partial charge in [-0.3, -0.25) is 0 Å². The summed E-state index contributed by atoms with van der Waals surface area (Å²) in [6.07, 6.45) is -0.325. The standard InChI is InChI=1S/C11H14BrFOS/c1-7(14)8(2)15-6-9-3-4-10(13)5-11(9)12/h3-5,7-8,14H,6H2,1-2H3. The zero-order valence-corrected chi connectivity index (χ0v) is 11.1. The Balaban J connectivity index is 2.58. The average molecular weight is 293 g/mol. The molecule has 1 aromatic rings. The molecule has 1 rings (SSSR count). The van der Waals surface area contributed by atoms with E-state index >= 15 is 0 Å². The SMILES string of the molecule is CC(O)C(C)SCc1ccc(F)cc1Br. The molecular formula is C11H14BrFOS. The smallest absolute Gasteiger partial charge is 0.124 e. The molecule has 0 aromatic heterocycles. The Kier molecular flexibility index (Phi) is 5.09. The normalized spacial score (nSPS) is 15.0. The van der Waals surface area contributed by atoms with Crippen LogP contribution in [0.3, 0.4) is 0 Å². The number of thioether (sulfide) groups is 1. The number of rotatable bonds is 4. The molecule has 15 heavy (non-hydrogen) atoms. The molecule has 1 aromatic carbocycles. The molecule has 84 valence electrons. The van der Waals surface area contributed by atoms with E-state index in [1.54, 1.807) is 24.8 Å². The summed E-state index contributed by atoms with van der Waals surface area (Å²) in [5.41, 5.74) is 1.05. The molecule has 0 aliphatic carbocycles. The summed E-state index contributed by atoms with van der Waals surface area (Å²) in [5, 5.41) is 9.50. The fourth-order valence-corrected chi connectivity index (χ4v) is 2.65. The van der Waals surface area contributed by atoms with Crippen LogP contribution >= 0.6 is 27.7 Å². The van der Waals surface area contributed by atoms with E-state index in [9.17, 15) is 9.50 Å². The van der Waals surface area contributed by atoms with Crippen molar-refractivity contribution >= 4 is 27.7 Å². The van der Waals surface area contributed by atoms with Crippen molar-refractivity contribution in [2.75, 3.05) is 0 Å². The van der Waals surface area contributed by atoms with Crippen LogP contribution in [0.15, 0.2) is 22.7 Å². The van der Waals surface area contributed by atoms with Crippen molar-refractivity contribution in [2.24, 2.45) is 0 Å². The number of benzene rings is 1. The van der Waals surface area contributed by atoms with Crippen LogP contribution in [0.25, 0.3) is 0 Å². The molecule has 0 aliphatic heterocycles. The largest absolute Gasteiger partial charge is 0.392 e. The monoisotopic (exact) mass is 292 g/mol. The van der Waals surface area contributed by atoms with E-state index in [4.69, 9.17) is 0 Å². The van der Waals surface area contributed by atoms with Crippen molar-refractivity contribution in [2.45, 2.75) is 31.0 Å². The van der Waals surface area contributed by atoms with Gasteiger partial charge in [-0.25, -0.2) is 4.39 Å². The first kappa shape index (κ1) is 13.0. The Bertz CT molecular complexity index is 330. The fourth-order valence-electron chi connectivity index (χ4n) is 0.999. The Morgan fingerprint density at radius 2 is 2.13 bits per heavy atom. The lowest BCUT2D eigenvalue weighted by Crippen LogP contribution is -2.15. The number of aliphatic hydroxyl groups is 1. The van der Waals surface area contributed by atoms with E-state index in [-0.39, 0.29) is 17.2 Å². The maximum absolute atomic E-state index is 12.8. The lowest BCUT2D eigenvalue weighted by atomic mass is 10.2. The van der Waals surface area contributed by atoms with E-state index in [0.29, 0.717) is 0 Å². The molecule has 0 bridgehead atoms. The zero-order valence-electron chi connectivity index (χ0n) is 8.71. The van der Waals surface area contributed by atoms with Crippen LogP contribution in [0, 0.1) is 5.82 Å². The Morgan fingerprint density at radius 3 is 2.67 bits per heavy atom. The minimum absolute atomic E-state index is 0.182. The van der Waals surface area contributed by atoms with Gasteiger partial charge in [-0.05, 0) is 24.6 Å². The highest BCUT2D eigenvalue weighted by molar-refractivity contribution is 9.10. The topological polar surface area (TPSA) is 20.2 Å². The van der Waals surface area contributed by atoms with E-state index in [2.05, 4.69) is 15.9 Å². The third-order valence-corrected chi connectivity index (χ3v) is 4.33. The van der Waals surface area contributed by atoms with E-state index < -0.39 is 0 Å². The van der Waals surface area contributed by atoms with Gasteiger partial charge in [-0.1, -0.05) is 28.9 Å². The van der Waals surface area contributed by atoms with Gasteiger partial charge in [0.25, 0.3) is 0 Å². The van der Waals surface area contributed by atoms with Crippen LogP contribution in [0.2, 0.25) is 0 Å². The van der Waals surface area contributed by atoms with Crippen molar-refractivity contribution < 1.29 is 9.50 Å². The summed E-state index contributed by atoms with van der Waals surface area (Å²) in [7, 11) is 0.